The normalized spacial score (nSPS) is 14.6. The van der Waals surface area contributed by atoms with Gasteiger partial charge in [-0.2, -0.15) is 0 Å². The average Bonchev–Trinajstić information content (AvgIpc) is 3.45. The van der Waals surface area contributed by atoms with Crippen LogP contribution in [-0.2, 0) is 5.54 Å². The van der Waals surface area contributed by atoms with Crippen molar-refractivity contribution < 1.29 is 14.3 Å². The molecule has 8 heteroatoms. The van der Waals surface area contributed by atoms with Crippen LogP contribution in [0, 0.1) is 0 Å². The monoisotopic (exact) mass is 534 g/mol. The van der Waals surface area contributed by atoms with Crippen LogP contribution in [0.25, 0.3) is 39.2 Å². The van der Waals surface area contributed by atoms with E-state index in [1.165, 1.54) is 0 Å². The van der Waals surface area contributed by atoms with E-state index in [9.17, 15) is 14.7 Å². The summed E-state index contributed by atoms with van der Waals surface area (Å²) in [6.07, 6.45) is 8.15. The van der Waals surface area contributed by atoms with Gasteiger partial charge in [0.1, 0.15) is 12.1 Å². The number of rotatable bonds is 5. The van der Waals surface area contributed by atoms with Gasteiger partial charge in [0.05, 0.1) is 16.5 Å². The molecule has 1 N–H and O–H groups in total. The minimum Gasteiger partial charge on any atom is -0.465 e. The van der Waals surface area contributed by atoms with Crippen molar-refractivity contribution in [1.82, 2.24) is 19.4 Å². The molecule has 0 bridgehead atoms. The van der Waals surface area contributed by atoms with Gasteiger partial charge in [-0.3, -0.25) is 14.3 Å². The number of fused-ring (bicyclic) bond motifs is 1. The van der Waals surface area contributed by atoms with E-state index in [2.05, 4.69) is 9.97 Å². The second kappa shape index (κ2) is 9.48. The quantitative estimate of drug-likeness (QED) is 0.264. The number of nitrogens with zero attached hydrogens (tertiary/aromatic N) is 4. The van der Waals surface area contributed by atoms with E-state index in [1.54, 1.807) is 40.5 Å². The second-order valence-electron chi connectivity index (χ2n) is 11.2. The largest absolute Gasteiger partial charge is 0.465 e. The lowest BCUT2D eigenvalue weighted by Gasteiger charge is -2.54. The van der Waals surface area contributed by atoms with Crippen LogP contribution in [0.3, 0.4) is 0 Å². The molecule has 8 nitrogen and oxygen atoms in total. The number of carboxylic acid groups (broad SMARTS) is 1. The highest BCUT2D eigenvalue weighted by molar-refractivity contribution is 5.91. The minimum atomic E-state index is -0.930. The maximum absolute atomic E-state index is 14.1. The average molecular weight is 535 g/mol. The fraction of sp³-hybridized carbons (Fsp3) is 0.250. The van der Waals surface area contributed by atoms with E-state index in [1.807, 2.05) is 75.4 Å². The van der Waals surface area contributed by atoms with Gasteiger partial charge < -0.3 is 9.52 Å². The Kier molecular flexibility index (Phi) is 6.06. The third kappa shape index (κ3) is 4.07. The summed E-state index contributed by atoms with van der Waals surface area (Å²) in [6.45, 7) is 5.78. The van der Waals surface area contributed by atoms with Crippen LogP contribution in [0.4, 0.5) is 4.79 Å². The van der Waals surface area contributed by atoms with E-state index in [4.69, 9.17) is 4.42 Å². The van der Waals surface area contributed by atoms with E-state index in [0.717, 1.165) is 30.4 Å². The Hall–Kier alpha value is -4.72. The fourth-order valence-electron chi connectivity index (χ4n) is 5.94. The Morgan fingerprint density at radius 1 is 1.00 bits per heavy atom. The molecule has 2 aromatic carbocycles. The fourth-order valence-corrected chi connectivity index (χ4v) is 5.94. The molecular formula is C32H30N4O4. The molecule has 1 amide bonds. The van der Waals surface area contributed by atoms with Crippen molar-refractivity contribution in [1.29, 1.82) is 0 Å². The van der Waals surface area contributed by atoms with Crippen molar-refractivity contribution in [3.05, 3.63) is 101 Å². The maximum atomic E-state index is 14.1. The highest BCUT2D eigenvalue weighted by Gasteiger charge is 2.50. The smallest absolute Gasteiger partial charge is 0.408 e. The topological polar surface area (TPSA) is 101 Å². The van der Waals surface area contributed by atoms with Crippen LogP contribution in [0.1, 0.15) is 45.6 Å². The van der Waals surface area contributed by atoms with Crippen LogP contribution >= 0.6 is 0 Å². The van der Waals surface area contributed by atoms with Crippen molar-refractivity contribution in [3.8, 4) is 28.3 Å². The molecule has 0 spiro atoms. The Balaban J connectivity index is 1.54. The number of amides is 1. The summed E-state index contributed by atoms with van der Waals surface area (Å²) >= 11 is 0. The lowest BCUT2D eigenvalue weighted by Crippen LogP contribution is -2.60. The van der Waals surface area contributed by atoms with Gasteiger partial charge in [-0.1, -0.05) is 54.6 Å². The van der Waals surface area contributed by atoms with Gasteiger partial charge in [0, 0.05) is 29.7 Å². The standard InChI is InChI=1S/C32H30N4O4/c1-31(2,3)36(30(38)39)32(15-7-16-32)23-12-10-21(11-13-23)25-26(37)24-14-17-34-29(35-19-18-33-20-35)28(24)40-27(25)22-8-5-4-6-9-22/h4-6,8-14,17-20H,7,15-16H2,1-3H3,(H,38,39). The number of pyridine rings is 1. The molecule has 40 heavy (non-hydrogen) atoms. The summed E-state index contributed by atoms with van der Waals surface area (Å²) < 4.78 is 8.23. The molecule has 202 valence electrons. The van der Waals surface area contributed by atoms with Crippen molar-refractivity contribution in [2.45, 2.75) is 51.1 Å². The predicted molar refractivity (Wildman–Crippen MR) is 153 cm³/mol. The molecule has 0 saturated heterocycles. The van der Waals surface area contributed by atoms with E-state index in [-0.39, 0.29) is 5.43 Å². The summed E-state index contributed by atoms with van der Waals surface area (Å²) in [5.74, 6) is 0.925. The van der Waals surface area contributed by atoms with E-state index in [0.29, 0.717) is 33.7 Å². The first-order valence-corrected chi connectivity index (χ1v) is 13.3. The second-order valence-corrected chi connectivity index (χ2v) is 11.2. The molecule has 3 heterocycles. The van der Waals surface area contributed by atoms with Crippen LogP contribution in [0.15, 0.2) is 94.8 Å². The molecule has 1 saturated carbocycles. The Bertz CT molecular complexity index is 1750. The number of hydrogen-bond acceptors (Lipinski definition) is 5. The van der Waals surface area contributed by atoms with Crippen LogP contribution in [0.5, 0.6) is 0 Å². The summed E-state index contributed by atoms with van der Waals surface area (Å²) in [5.41, 5.74) is 1.89. The predicted octanol–water partition coefficient (Wildman–Crippen LogP) is 6.87. The molecule has 5 aromatic rings. The number of hydrogen-bond donors (Lipinski definition) is 1. The van der Waals surface area contributed by atoms with Crippen molar-refractivity contribution in [3.63, 3.8) is 0 Å². The summed E-state index contributed by atoms with van der Waals surface area (Å²) in [7, 11) is 0. The molecule has 0 aliphatic heterocycles. The SMILES string of the molecule is CC(C)(C)N(C(=O)O)C1(c2ccc(-c3c(-c4ccccc4)oc4c(-n5ccnc5)nccc4c3=O)cc2)CCC1. The molecule has 1 aliphatic carbocycles. The number of carbonyl (C=O) groups is 1. The zero-order chi connectivity index (χ0) is 28.1. The third-order valence-corrected chi connectivity index (χ3v) is 7.76. The van der Waals surface area contributed by atoms with Gasteiger partial charge in [0.25, 0.3) is 0 Å². The molecule has 1 aliphatic rings. The summed E-state index contributed by atoms with van der Waals surface area (Å²) in [5, 5.41) is 10.6. The molecule has 0 radical (unpaired) electrons. The highest BCUT2D eigenvalue weighted by Crippen LogP contribution is 2.49. The molecule has 0 unspecified atom stereocenters. The number of aromatic nitrogens is 3. The molecule has 0 atom stereocenters. The zero-order valence-electron chi connectivity index (χ0n) is 22.7. The van der Waals surface area contributed by atoms with Crippen molar-refractivity contribution in [2.24, 2.45) is 0 Å². The van der Waals surface area contributed by atoms with E-state index >= 15 is 0 Å². The third-order valence-electron chi connectivity index (χ3n) is 7.76. The van der Waals surface area contributed by atoms with Crippen LogP contribution < -0.4 is 5.43 Å². The molecular weight excluding hydrogens is 504 g/mol. The number of imidazole rings is 1. The van der Waals surface area contributed by atoms with Crippen molar-refractivity contribution >= 4 is 17.1 Å². The van der Waals surface area contributed by atoms with E-state index < -0.39 is 17.2 Å². The maximum Gasteiger partial charge on any atom is 0.408 e. The molecule has 3 aromatic heterocycles. The summed E-state index contributed by atoms with van der Waals surface area (Å²) in [4.78, 5) is 36.7. The van der Waals surface area contributed by atoms with Gasteiger partial charge in [-0.25, -0.2) is 14.8 Å². The van der Waals surface area contributed by atoms with Gasteiger partial charge in [-0.05, 0) is 57.2 Å². The molecule has 1 fully saturated rings. The van der Waals surface area contributed by atoms with Gasteiger partial charge >= 0.3 is 6.09 Å². The first kappa shape index (κ1) is 25.6. The Morgan fingerprint density at radius 3 is 2.30 bits per heavy atom. The van der Waals surface area contributed by atoms with Crippen molar-refractivity contribution in [2.75, 3.05) is 0 Å². The summed E-state index contributed by atoms with van der Waals surface area (Å²) in [6, 6.07) is 18.9. The Morgan fingerprint density at radius 2 is 1.73 bits per heavy atom. The van der Waals surface area contributed by atoms with Gasteiger partial charge in [-0.15, -0.1) is 0 Å². The first-order chi connectivity index (χ1) is 19.2. The lowest BCUT2D eigenvalue weighted by molar-refractivity contribution is -0.0328. The first-order valence-electron chi connectivity index (χ1n) is 13.3. The Labute approximate surface area is 231 Å². The lowest BCUT2D eigenvalue weighted by atomic mass is 9.69. The van der Waals surface area contributed by atoms with Gasteiger partial charge in [0.15, 0.2) is 11.4 Å². The van der Waals surface area contributed by atoms with Gasteiger partial charge in [0.2, 0.25) is 5.43 Å². The minimum absolute atomic E-state index is 0.170. The highest BCUT2D eigenvalue weighted by atomic mass is 16.4. The van der Waals surface area contributed by atoms with Crippen LogP contribution in [0.2, 0.25) is 0 Å². The van der Waals surface area contributed by atoms with Crippen LogP contribution in [-0.4, -0.2) is 36.2 Å². The number of benzene rings is 2. The zero-order valence-corrected chi connectivity index (χ0v) is 22.7. The molecule has 6 rings (SSSR count).